The lowest BCUT2D eigenvalue weighted by molar-refractivity contribution is -0.167. The summed E-state index contributed by atoms with van der Waals surface area (Å²) in [5.41, 5.74) is 0. The van der Waals surface area contributed by atoms with Gasteiger partial charge in [-0.05, 0) is 103 Å². The van der Waals surface area contributed by atoms with Crippen molar-refractivity contribution < 1.29 is 28.6 Å². The van der Waals surface area contributed by atoms with Gasteiger partial charge in [0.2, 0.25) is 0 Å². The number of carbonyl (C=O) groups excluding carboxylic acids is 3. The molecule has 1 atom stereocenters. The maximum atomic E-state index is 12.9. The lowest BCUT2D eigenvalue weighted by Gasteiger charge is -2.18. The molecule has 1 unspecified atom stereocenters. The van der Waals surface area contributed by atoms with E-state index in [1.54, 1.807) is 0 Å². The second-order valence-electron chi connectivity index (χ2n) is 20.6. The van der Waals surface area contributed by atoms with E-state index < -0.39 is 6.10 Å². The van der Waals surface area contributed by atoms with Gasteiger partial charge in [0.05, 0.1) is 0 Å². The van der Waals surface area contributed by atoms with Gasteiger partial charge in [0.25, 0.3) is 0 Å². The molecule has 0 aliphatic carbocycles. The molecule has 432 valence electrons. The standard InChI is InChI=1S/C70H116O6/c1-4-7-10-13-16-19-22-25-27-29-30-31-32-33-34-35-36-37-38-39-40-42-43-45-48-51-54-57-60-63-69(72)75-66-67(65-74-68(71)62-59-56-53-50-47-24-21-18-15-12-9-6-3)76-70(73)64-61-58-55-52-49-46-44-41-28-26-23-20-17-14-11-8-5-2/h7-8,10-11,16-17,19-20,25-28,30-31,33-34,44,46,52,55,67H,4-6,9,12-15,18,21-24,29,32,35-43,45,47-51,53-54,56-66H2,1-3H3/b10-7-,11-8-,19-16-,20-17-,27-25-,28-26-,31-30-,34-33-,46-44-,55-52-. The normalized spacial score (nSPS) is 12.9. The molecule has 0 N–H and O–H groups in total. The van der Waals surface area contributed by atoms with Gasteiger partial charge in [-0.25, -0.2) is 0 Å². The maximum Gasteiger partial charge on any atom is 0.306 e. The molecule has 0 amide bonds. The van der Waals surface area contributed by atoms with Gasteiger partial charge in [-0.3, -0.25) is 14.4 Å². The van der Waals surface area contributed by atoms with Gasteiger partial charge >= 0.3 is 17.9 Å². The first kappa shape index (κ1) is 71.8. The van der Waals surface area contributed by atoms with E-state index in [1.165, 1.54) is 128 Å². The summed E-state index contributed by atoms with van der Waals surface area (Å²) < 4.78 is 16.8. The average molecular weight is 1050 g/mol. The molecular weight excluding hydrogens is 937 g/mol. The summed E-state index contributed by atoms with van der Waals surface area (Å²) in [4.78, 5) is 38.2. The number of esters is 3. The van der Waals surface area contributed by atoms with Crippen molar-refractivity contribution in [3.05, 3.63) is 122 Å². The van der Waals surface area contributed by atoms with Crippen molar-refractivity contribution in [3.8, 4) is 0 Å². The highest BCUT2D eigenvalue weighted by atomic mass is 16.6. The first-order valence-electron chi connectivity index (χ1n) is 31.5. The predicted octanol–water partition coefficient (Wildman–Crippen LogP) is 21.6. The highest BCUT2D eigenvalue weighted by Crippen LogP contribution is 2.16. The quantitative estimate of drug-likeness (QED) is 0.0261. The molecule has 0 aliphatic rings. The summed E-state index contributed by atoms with van der Waals surface area (Å²) in [6.45, 7) is 6.37. The summed E-state index contributed by atoms with van der Waals surface area (Å²) in [5.74, 6) is -0.956. The minimum absolute atomic E-state index is 0.0999. The van der Waals surface area contributed by atoms with E-state index in [2.05, 4.69) is 142 Å². The Morgan fingerprint density at radius 1 is 0.276 bits per heavy atom. The monoisotopic (exact) mass is 1050 g/mol. The van der Waals surface area contributed by atoms with Gasteiger partial charge in [-0.1, -0.05) is 284 Å². The van der Waals surface area contributed by atoms with Crippen LogP contribution in [-0.2, 0) is 28.6 Å². The molecule has 0 saturated carbocycles. The number of ether oxygens (including phenoxy) is 3. The summed E-state index contributed by atoms with van der Waals surface area (Å²) in [5, 5.41) is 0. The minimum Gasteiger partial charge on any atom is -0.462 e. The second-order valence-corrected chi connectivity index (χ2v) is 20.6. The fourth-order valence-electron chi connectivity index (χ4n) is 8.56. The van der Waals surface area contributed by atoms with Gasteiger partial charge in [0, 0.05) is 19.3 Å². The molecular formula is C70H116O6. The third-order valence-electron chi connectivity index (χ3n) is 13.2. The van der Waals surface area contributed by atoms with E-state index in [-0.39, 0.29) is 37.5 Å². The van der Waals surface area contributed by atoms with Gasteiger partial charge in [-0.2, -0.15) is 0 Å². The zero-order valence-electron chi connectivity index (χ0n) is 49.5. The smallest absolute Gasteiger partial charge is 0.306 e. The van der Waals surface area contributed by atoms with Gasteiger partial charge in [0.1, 0.15) is 13.2 Å². The third kappa shape index (κ3) is 60.7. The van der Waals surface area contributed by atoms with E-state index in [0.29, 0.717) is 19.3 Å². The number of unbranched alkanes of at least 4 members (excludes halogenated alkanes) is 25. The van der Waals surface area contributed by atoms with Crippen molar-refractivity contribution in [3.63, 3.8) is 0 Å². The molecule has 0 spiro atoms. The maximum absolute atomic E-state index is 12.9. The zero-order valence-corrected chi connectivity index (χ0v) is 49.5. The van der Waals surface area contributed by atoms with Crippen molar-refractivity contribution >= 4 is 17.9 Å². The Morgan fingerprint density at radius 2 is 0.526 bits per heavy atom. The van der Waals surface area contributed by atoms with E-state index in [1.807, 2.05) is 0 Å². The van der Waals surface area contributed by atoms with Crippen LogP contribution in [0.3, 0.4) is 0 Å². The summed E-state index contributed by atoms with van der Waals surface area (Å²) in [6.07, 6.45) is 87.9. The molecule has 6 heteroatoms. The van der Waals surface area contributed by atoms with Crippen molar-refractivity contribution in [1.82, 2.24) is 0 Å². The molecule has 0 fully saturated rings. The number of rotatable bonds is 56. The first-order chi connectivity index (χ1) is 37.5. The molecule has 0 heterocycles. The Hall–Kier alpha value is -4.19. The summed E-state index contributed by atoms with van der Waals surface area (Å²) >= 11 is 0. The van der Waals surface area contributed by atoms with Crippen LogP contribution in [-0.4, -0.2) is 37.2 Å². The third-order valence-corrected chi connectivity index (χ3v) is 13.2. The van der Waals surface area contributed by atoms with Crippen LogP contribution < -0.4 is 0 Å². The first-order valence-corrected chi connectivity index (χ1v) is 31.5. The van der Waals surface area contributed by atoms with E-state index in [0.717, 1.165) is 109 Å². The summed E-state index contributed by atoms with van der Waals surface area (Å²) in [7, 11) is 0. The van der Waals surface area contributed by atoms with E-state index in [4.69, 9.17) is 14.2 Å². The van der Waals surface area contributed by atoms with Crippen LogP contribution in [0.15, 0.2) is 122 Å². The predicted molar refractivity (Wildman–Crippen MR) is 330 cm³/mol. The Labute approximate surface area is 469 Å². The molecule has 0 aromatic carbocycles. The SMILES string of the molecule is CC/C=C\C/C=C\C/C=C\C/C=C\C/C=C\CCCCCCCCCCCCCCCC(=O)OCC(COC(=O)CCCCCCCCCCCCCC)OC(=O)CCC/C=C\C/C=C\C/C=C\C/C=C\C/C=C\CC. The number of hydrogen-bond donors (Lipinski definition) is 0. The highest BCUT2D eigenvalue weighted by Gasteiger charge is 2.19. The molecule has 76 heavy (non-hydrogen) atoms. The molecule has 0 rings (SSSR count). The molecule has 0 aromatic rings. The van der Waals surface area contributed by atoms with E-state index in [9.17, 15) is 14.4 Å². The van der Waals surface area contributed by atoms with Crippen molar-refractivity contribution in [2.24, 2.45) is 0 Å². The molecule has 0 bridgehead atoms. The zero-order chi connectivity index (χ0) is 55.0. The number of allylic oxidation sites excluding steroid dienone is 20. The van der Waals surface area contributed by atoms with Crippen LogP contribution >= 0.6 is 0 Å². The molecule has 6 nitrogen and oxygen atoms in total. The minimum atomic E-state index is -0.809. The van der Waals surface area contributed by atoms with Crippen LogP contribution in [0.25, 0.3) is 0 Å². The Kier molecular flexibility index (Phi) is 59.9. The second kappa shape index (κ2) is 63.3. The van der Waals surface area contributed by atoms with Crippen LogP contribution in [0.1, 0.15) is 284 Å². The molecule has 0 saturated heterocycles. The highest BCUT2D eigenvalue weighted by molar-refractivity contribution is 5.71. The number of carbonyl (C=O) groups is 3. The topological polar surface area (TPSA) is 78.9 Å². The average Bonchev–Trinajstić information content (AvgIpc) is 3.42. The van der Waals surface area contributed by atoms with Crippen LogP contribution in [0, 0.1) is 0 Å². The molecule has 0 radical (unpaired) electrons. The fourth-order valence-corrected chi connectivity index (χ4v) is 8.56. The Morgan fingerprint density at radius 3 is 0.842 bits per heavy atom. The van der Waals surface area contributed by atoms with Crippen molar-refractivity contribution in [2.75, 3.05) is 13.2 Å². The lowest BCUT2D eigenvalue weighted by Crippen LogP contribution is -2.30. The largest absolute Gasteiger partial charge is 0.462 e. The van der Waals surface area contributed by atoms with Gasteiger partial charge < -0.3 is 14.2 Å². The molecule has 0 aliphatic heterocycles. The van der Waals surface area contributed by atoms with Crippen LogP contribution in [0.4, 0.5) is 0 Å². The molecule has 0 aromatic heterocycles. The van der Waals surface area contributed by atoms with Crippen molar-refractivity contribution in [2.45, 2.75) is 290 Å². The summed E-state index contributed by atoms with van der Waals surface area (Å²) in [6, 6.07) is 0. The fraction of sp³-hybridized carbons (Fsp3) is 0.671. The van der Waals surface area contributed by atoms with Crippen LogP contribution in [0.2, 0.25) is 0 Å². The van der Waals surface area contributed by atoms with E-state index >= 15 is 0 Å². The lowest BCUT2D eigenvalue weighted by atomic mass is 10.0. The Balaban J connectivity index is 4.30. The number of hydrogen-bond acceptors (Lipinski definition) is 6. The van der Waals surface area contributed by atoms with Crippen molar-refractivity contribution in [1.29, 1.82) is 0 Å². The van der Waals surface area contributed by atoms with Gasteiger partial charge in [-0.15, -0.1) is 0 Å². The van der Waals surface area contributed by atoms with Gasteiger partial charge in [0.15, 0.2) is 6.10 Å². The Bertz CT molecular complexity index is 1590. The van der Waals surface area contributed by atoms with Crippen LogP contribution in [0.5, 0.6) is 0 Å².